The second-order valence-electron chi connectivity index (χ2n) is 7.79. The number of amides is 1. The second-order valence-corrected chi connectivity index (χ2v) is 8.65. The molecule has 0 aliphatic rings. The van der Waals surface area contributed by atoms with Gasteiger partial charge in [0.25, 0.3) is 0 Å². The molecule has 152 valence electrons. The van der Waals surface area contributed by atoms with Gasteiger partial charge in [-0.25, -0.2) is 4.98 Å². The Kier molecular flexibility index (Phi) is 5.80. The van der Waals surface area contributed by atoms with Gasteiger partial charge in [-0.1, -0.05) is 63.2 Å². The number of hydrogen-bond donors (Lipinski definition) is 1. The van der Waals surface area contributed by atoms with E-state index in [1.807, 2.05) is 17.5 Å². The Morgan fingerprint density at radius 2 is 1.72 bits per heavy atom. The highest BCUT2D eigenvalue weighted by atomic mass is 32.1. The standard InChI is InChI=1S/C22H21F3N2OS/c1-21(2,3)16-9-7-15(8-10-16)18-13-29-20(26-18)27-19(28)12-14-5-4-6-17(11-14)22(23,24)25/h4-11,13H,12H2,1-3H3,(H,26,27,28). The van der Waals surface area contributed by atoms with E-state index in [2.05, 4.69) is 43.2 Å². The summed E-state index contributed by atoms with van der Waals surface area (Å²) in [5.74, 6) is -0.409. The van der Waals surface area contributed by atoms with E-state index in [1.165, 1.54) is 29.0 Å². The van der Waals surface area contributed by atoms with Crippen LogP contribution in [0.4, 0.5) is 18.3 Å². The monoisotopic (exact) mass is 418 g/mol. The van der Waals surface area contributed by atoms with E-state index in [0.29, 0.717) is 10.7 Å². The predicted molar refractivity (Wildman–Crippen MR) is 110 cm³/mol. The van der Waals surface area contributed by atoms with Gasteiger partial charge >= 0.3 is 6.18 Å². The molecule has 0 radical (unpaired) electrons. The molecule has 1 N–H and O–H groups in total. The first-order valence-electron chi connectivity index (χ1n) is 9.05. The molecule has 0 spiro atoms. The first-order chi connectivity index (χ1) is 13.5. The van der Waals surface area contributed by atoms with Crippen LogP contribution in [0.15, 0.2) is 53.9 Å². The molecule has 3 aromatic rings. The van der Waals surface area contributed by atoms with Crippen molar-refractivity contribution in [2.75, 3.05) is 5.32 Å². The van der Waals surface area contributed by atoms with Crippen molar-refractivity contribution in [1.82, 2.24) is 4.98 Å². The van der Waals surface area contributed by atoms with Gasteiger partial charge in [-0.05, 0) is 22.6 Å². The lowest BCUT2D eigenvalue weighted by atomic mass is 9.86. The third-order valence-corrected chi connectivity index (χ3v) is 5.17. The lowest BCUT2D eigenvalue weighted by molar-refractivity contribution is -0.137. The maximum atomic E-state index is 12.8. The SMILES string of the molecule is CC(C)(C)c1ccc(-c2csc(NC(=O)Cc3cccc(C(F)(F)F)c3)n2)cc1. The van der Waals surface area contributed by atoms with Crippen LogP contribution in [0.5, 0.6) is 0 Å². The maximum absolute atomic E-state index is 12.8. The zero-order valence-corrected chi connectivity index (χ0v) is 17.1. The molecule has 3 nitrogen and oxygen atoms in total. The van der Waals surface area contributed by atoms with E-state index in [9.17, 15) is 18.0 Å². The number of benzene rings is 2. The van der Waals surface area contributed by atoms with Gasteiger partial charge in [0, 0.05) is 10.9 Å². The molecular weight excluding hydrogens is 397 g/mol. The molecule has 2 aromatic carbocycles. The van der Waals surface area contributed by atoms with Gasteiger partial charge < -0.3 is 5.32 Å². The fraction of sp³-hybridized carbons (Fsp3) is 0.273. The first kappa shape index (κ1) is 21.0. The smallest absolute Gasteiger partial charge is 0.302 e. The highest BCUT2D eigenvalue weighted by molar-refractivity contribution is 7.14. The lowest BCUT2D eigenvalue weighted by Gasteiger charge is -2.18. The number of anilines is 1. The Bertz CT molecular complexity index is 1000. The third kappa shape index (κ3) is 5.44. The fourth-order valence-corrected chi connectivity index (χ4v) is 3.55. The average molecular weight is 418 g/mol. The van der Waals surface area contributed by atoms with Gasteiger partial charge in [0.15, 0.2) is 5.13 Å². The largest absolute Gasteiger partial charge is 0.416 e. The van der Waals surface area contributed by atoms with Crippen molar-refractivity contribution in [3.63, 3.8) is 0 Å². The zero-order chi connectivity index (χ0) is 21.2. The third-order valence-electron chi connectivity index (χ3n) is 4.42. The number of alkyl halides is 3. The molecule has 1 amide bonds. The van der Waals surface area contributed by atoms with Crippen molar-refractivity contribution in [3.8, 4) is 11.3 Å². The summed E-state index contributed by atoms with van der Waals surface area (Å²) in [6, 6.07) is 12.9. The number of nitrogens with zero attached hydrogens (tertiary/aromatic N) is 1. The van der Waals surface area contributed by atoms with Crippen molar-refractivity contribution >= 4 is 22.4 Å². The van der Waals surface area contributed by atoms with Crippen LogP contribution in [-0.4, -0.2) is 10.9 Å². The van der Waals surface area contributed by atoms with Crippen molar-refractivity contribution < 1.29 is 18.0 Å². The van der Waals surface area contributed by atoms with Crippen LogP contribution in [0, 0.1) is 0 Å². The Labute approximate surface area is 171 Å². The number of nitrogens with one attached hydrogen (secondary N) is 1. The second kappa shape index (κ2) is 7.99. The molecule has 1 aromatic heterocycles. The summed E-state index contributed by atoms with van der Waals surface area (Å²) in [5.41, 5.74) is 2.48. The Balaban J connectivity index is 1.66. The summed E-state index contributed by atoms with van der Waals surface area (Å²) in [6.45, 7) is 6.43. The van der Waals surface area contributed by atoms with Crippen LogP contribution in [0.3, 0.4) is 0 Å². The van der Waals surface area contributed by atoms with E-state index >= 15 is 0 Å². The van der Waals surface area contributed by atoms with Gasteiger partial charge in [-0.3, -0.25) is 4.79 Å². The quantitative estimate of drug-likeness (QED) is 0.540. The molecule has 29 heavy (non-hydrogen) atoms. The minimum atomic E-state index is -4.43. The molecule has 7 heteroatoms. The predicted octanol–water partition coefficient (Wildman–Crippen LogP) is 6.31. The lowest BCUT2D eigenvalue weighted by Crippen LogP contribution is -2.15. The number of halogens is 3. The number of thiazole rings is 1. The topological polar surface area (TPSA) is 42.0 Å². The molecule has 0 saturated heterocycles. The van der Waals surface area contributed by atoms with Crippen LogP contribution in [0.2, 0.25) is 0 Å². The minimum Gasteiger partial charge on any atom is -0.302 e. The van der Waals surface area contributed by atoms with Crippen LogP contribution < -0.4 is 5.32 Å². The van der Waals surface area contributed by atoms with E-state index < -0.39 is 17.6 Å². The highest BCUT2D eigenvalue weighted by Gasteiger charge is 2.30. The van der Waals surface area contributed by atoms with Crippen LogP contribution >= 0.6 is 11.3 Å². The molecule has 0 aliphatic heterocycles. The van der Waals surface area contributed by atoms with Crippen LogP contribution in [0.25, 0.3) is 11.3 Å². The molecule has 3 rings (SSSR count). The van der Waals surface area contributed by atoms with E-state index in [0.717, 1.165) is 23.4 Å². The average Bonchev–Trinajstić information content (AvgIpc) is 3.09. The molecular formula is C22H21F3N2OS. The van der Waals surface area contributed by atoms with Gasteiger partial charge in [-0.15, -0.1) is 11.3 Å². The van der Waals surface area contributed by atoms with Gasteiger partial charge in [0.05, 0.1) is 17.7 Å². The molecule has 0 atom stereocenters. The van der Waals surface area contributed by atoms with Crippen molar-refractivity contribution in [2.24, 2.45) is 0 Å². The van der Waals surface area contributed by atoms with Crippen LogP contribution in [0.1, 0.15) is 37.5 Å². The zero-order valence-electron chi connectivity index (χ0n) is 16.3. The summed E-state index contributed by atoms with van der Waals surface area (Å²) < 4.78 is 38.4. The number of rotatable bonds is 4. The molecule has 0 aliphatic carbocycles. The van der Waals surface area contributed by atoms with Gasteiger partial charge in [-0.2, -0.15) is 13.2 Å². The van der Waals surface area contributed by atoms with Crippen molar-refractivity contribution in [2.45, 2.75) is 38.8 Å². The van der Waals surface area contributed by atoms with Crippen molar-refractivity contribution in [3.05, 3.63) is 70.6 Å². The van der Waals surface area contributed by atoms with E-state index in [4.69, 9.17) is 0 Å². The normalized spacial score (nSPS) is 12.1. The molecule has 1 heterocycles. The summed E-state index contributed by atoms with van der Waals surface area (Å²) in [5, 5.41) is 4.91. The Hall–Kier alpha value is -2.67. The molecule has 0 bridgehead atoms. The highest BCUT2D eigenvalue weighted by Crippen LogP contribution is 2.30. The maximum Gasteiger partial charge on any atom is 0.416 e. The van der Waals surface area contributed by atoms with E-state index in [1.54, 1.807) is 0 Å². The summed E-state index contributed by atoms with van der Waals surface area (Å²) >= 11 is 1.28. The summed E-state index contributed by atoms with van der Waals surface area (Å²) in [7, 11) is 0. The Morgan fingerprint density at radius 1 is 1.03 bits per heavy atom. The molecule has 0 saturated carbocycles. The first-order valence-corrected chi connectivity index (χ1v) is 9.93. The van der Waals surface area contributed by atoms with Crippen molar-refractivity contribution in [1.29, 1.82) is 0 Å². The van der Waals surface area contributed by atoms with E-state index in [-0.39, 0.29) is 11.8 Å². The fourth-order valence-electron chi connectivity index (χ4n) is 2.81. The van der Waals surface area contributed by atoms with Gasteiger partial charge in [0.2, 0.25) is 5.91 Å². The van der Waals surface area contributed by atoms with Crippen LogP contribution in [-0.2, 0) is 22.8 Å². The Morgan fingerprint density at radius 3 is 2.34 bits per heavy atom. The number of carbonyl (C=O) groups excluding carboxylic acids is 1. The number of aromatic nitrogens is 1. The molecule has 0 fully saturated rings. The molecule has 0 unspecified atom stereocenters. The minimum absolute atomic E-state index is 0.0587. The summed E-state index contributed by atoms with van der Waals surface area (Å²) in [4.78, 5) is 16.6. The van der Waals surface area contributed by atoms with Gasteiger partial charge in [0.1, 0.15) is 0 Å². The number of hydrogen-bond acceptors (Lipinski definition) is 3. The summed E-state index contributed by atoms with van der Waals surface area (Å²) in [6.07, 6.45) is -4.58. The number of carbonyl (C=O) groups is 1.